The minimum atomic E-state index is -4.29. The average Bonchev–Trinajstić information content (AvgIpc) is 3.12. The van der Waals surface area contributed by atoms with Gasteiger partial charge in [0.2, 0.25) is 0 Å². The van der Waals surface area contributed by atoms with Gasteiger partial charge in [-0.3, -0.25) is 14.3 Å². The molecule has 0 bridgehead atoms. The first kappa shape index (κ1) is 27.1. The van der Waals surface area contributed by atoms with Gasteiger partial charge in [-0.2, -0.15) is 13.1 Å². The van der Waals surface area contributed by atoms with E-state index in [4.69, 9.17) is 13.3 Å². The Morgan fingerprint density at radius 1 is 1.26 bits per heavy atom. The number of nitrogens with zero attached hydrogens (tertiary/aromatic N) is 1. The molecule has 3 rings (SSSR count). The molecule has 0 aliphatic carbocycles. The van der Waals surface area contributed by atoms with Crippen LogP contribution >= 0.6 is 0 Å². The number of ether oxygens (including phenoxy) is 1. The summed E-state index contributed by atoms with van der Waals surface area (Å²) in [7, 11) is -6.58. The first-order valence-corrected chi connectivity index (χ1v) is 15.5. The fraction of sp³-hybridized carbons (Fsp3) is 0.545. The largest absolute Gasteiger partial charge is 0.504 e. The zero-order valence-electron chi connectivity index (χ0n) is 20.7. The number of para-hydroxylation sites is 2. The number of H-pyrrole nitrogens is 1. The van der Waals surface area contributed by atoms with Gasteiger partial charge in [-0.05, 0) is 37.2 Å². The van der Waals surface area contributed by atoms with Crippen molar-refractivity contribution in [1.82, 2.24) is 14.3 Å². The second-order valence-electron chi connectivity index (χ2n) is 10.1. The third kappa shape index (κ3) is 6.41. The molecule has 1 fully saturated rings. The molecule has 0 amide bonds. The SMILES string of the molecule is Cc1cn([C@H]2C[C@H](O[Si](C)(C)C(C)(C)C)[C@@H](CNS(=O)(=O)Oc3ccccc3O)O2)c(=O)[nH]c1=O. The number of hydrogen-bond acceptors (Lipinski definition) is 8. The summed E-state index contributed by atoms with van der Waals surface area (Å²) in [4.78, 5) is 26.5. The van der Waals surface area contributed by atoms with E-state index in [2.05, 4.69) is 43.6 Å². The molecule has 194 valence electrons. The van der Waals surface area contributed by atoms with Gasteiger partial charge in [0.15, 0.2) is 19.8 Å². The van der Waals surface area contributed by atoms with E-state index in [0.29, 0.717) is 5.56 Å². The van der Waals surface area contributed by atoms with E-state index in [9.17, 15) is 23.1 Å². The van der Waals surface area contributed by atoms with Gasteiger partial charge in [-0.25, -0.2) is 4.79 Å². The third-order valence-electron chi connectivity index (χ3n) is 6.41. The number of phenolic OH excluding ortho intramolecular Hbond substituents is 1. The van der Waals surface area contributed by atoms with E-state index in [0.717, 1.165) is 0 Å². The highest BCUT2D eigenvalue weighted by Gasteiger charge is 2.45. The highest BCUT2D eigenvalue weighted by atomic mass is 32.2. The first-order valence-electron chi connectivity index (χ1n) is 11.2. The molecule has 1 saturated heterocycles. The van der Waals surface area contributed by atoms with Gasteiger partial charge in [0, 0.05) is 24.7 Å². The second-order valence-corrected chi connectivity index (χ2v) is 16.2. The molecule has 13 heteroatoms. The molecule has 35 heavy (non-hydrogen) atoms. The van der Waals surface area contributed by atoms with Crippen molar-refractivity contribution in [2.24, 2.45) is 0 Å². The summed E-state index contributed by atoms with van der Waals surface area (Å²) in [6.07, 6.45) is -0.321. The Morgan fingerprint density at radius 3 is 2.54 bits per heavy atom. The van der Waals surface area contributed by atoms with Crippen LogP contribution in [-0.4, -0.2) is 50.1 Å². The zero-order valence-corrected chi connectivity index (χ0v) is 22.5. The topological polar surface area (TPSA) is 149 Å². The fourth-order valence-electron chi connectivity index (χ4n) is 3.39. The highest BCUT2D eigenvalue weighted by Crippen LogP contribution is 2.41. The van der Waals surface area contributed by atoms with Crippen molar-refractivity contribution in [1.29, 1.82) is 0 Å². The summed E-state index contributed by atoms with van der Waals surface area (Å²) in [5, 5.41) is 9.70. The van der Waals surface area contributed by atoms with Crippen LogP contribution in [0.1, 0.15) is 39.0 Å². The molecule has 3 atom stereocenters. The van der Waals surface area contributed by atoms with Crippen molar-refractivity contribution < 1.29 is 26.9 Å². The Hall–Kier alpha value is -2.45. The molecule has 2 aromatic rings. The van der Waals surface area contributed by atoms with Crippen LogP contribution < -0.4 is 20.2 Å². The molecule has 0 saturated carbocycles. The number of nitrogens with one attached hydrogen (secondary N) is 2. The van der Waals surface area contributed by atoms with Crippen LogP contribution in [0.2, 0.25) is 18.1 Å². The van der Waals surface area contributed by atoms with E-state index >= 15 is 0 Å². The predicted octanol–water partition coefficient (Wildman–Crippen LogP) is 2.14. The van der Waals surface area contributed by atoms with Gasteiger partial charge in [-0.15, -0.1) is 0 Å². The van der Waals surface area contributed by atoms with E-state index in [1.165, 1.54) is 35.0 Å². The van der Waals surface area contributed by atoms with Crippen LogP contribution in [0.4, 0.5) is 0 Å². The summed E-state index contributed by atoms with van der Waals surface area (Å²) in [5.41, 5.74) is -0.764. The smallest absolute Gasteiger partial charge is 0.382 e. The van der Waals surface area contributed by atoms with Crippen LogP contribution in [0.25, 0.3) is 0 Å². The minimum Gasteiger partial charge on any atom is -0.504 e. The van der Waals surface area contributed by atoms with E-state index < -0.39 is 48.3 Å². The molecular weight excluding hydrogens is 494 g/mol. The van der Waals surface area contributed by atoms with Crippen molar-refractivity contribution in [2.45, 2.75) is 70.7 Å². The Labute approximate surface area is 205 Å². The predicted molar refractivity (Wildman–Crippen MR) is 132 cm³/mol. The van der Waals surface area contributed by atoms with Crippen LogP contribution in [0, 0.1) is 6.92 Å². The normalized spacial score (nSPS) is 21.3. The number of hydrogen-bond donors (Lipinski definition) is 3. The minimum absolute atomic E-state index is 0.117. The second kappa shape index (κ2) is 9.89. The van der Waals surface area contributed by atoms with E-state index in [1.807, 2.05) is 0 Å². The Morgan fingerprint density at radius 2 is 1.91 bits per heavy atom. The molecule has 1 aliphatic rings. The van der Waals surface area contributed by atoms with Gasteiger partial charge in [0.1, 0.15) is 6.23 Å². The van der Waals surface area contributed by atoms with Crippen molar-refractivity contribution in [3.63, 3.8) is 0 Å². The quantitative estimate of drug-likeness (QED) is 0.442. The number of aromatic amines is 1. The highest BCUT2D eigenvalue weighted by molar-refractivity contribution is 7.85. The summed E-state index contributed by atoms with van der Waals surface area (Å²) in [5.74, 6) is -0.531. The van der Waals surface area contributed by atoms with E-state index in [-0.39, 0.29) is 29.5 Å². The molecule has 3 N–H and O–H groups in total. The number of aryl methyl sites for hydroxylation is 1. The van der Waals surface area contributed by atoms with Crippen LogP contribution in [-0.2, 0) is 19.5 Å². The maximum absolute atomic E-state index is 12.5. The molecule has 1 aromatic carbocycles. The maximum Gasteiger partial charge on any atom is 0.382 e. The van der Waals surface area contributed by atoms with Crippen molar-refractivity contribution in [3.8, 4) is 11.5 Å². The molecule has 0 radical (unpaired) electrons. The maximum atomic E-state index is 12.5. The molecular formula is C22H33N3O8SSi. The van der Waals surface area contributed by atoms with Crippen molar-refractivity contribution in [2.75, 3.05) is 6.54 Å². The number of rotatable bonds is 8. The Bertz CT molecular complexity index is 1280. The molecule has 0 spiro atoms. The number of aromatic nitrogens is 2. The molecule has 1 aromatic heterocycles. The summed E-state index contributed by atoms with van der Waals surface area (Å²) in [6, 6.07) is 5.70. The zero-order chi connectivity index (χ0) is 26.2. The molecule has 11 nitrogen and oxygen atoms in total. The lowest BCUT2D eigenvalue weighted by molar-refractivity contribution is -0.0152. The molecule has 2 heterocycles. The van der Waals surface area contributed by atoms with Gasteiger partial charge < -0.3 is 18.5 Å². The third-order valence-corrected chi connectivity index (χ3v) is 11.8. The summed E-state index contributed by atoms with van der Waals surface area (Å²) < 4.78 is 46.2. The van der Waals surface area contributed by atoms with Crippen LogP contribution in [0.15, 0.2) is 40.1 Å². The lowest BCUT2D eigenvalue weighted by atomic mass is 10.2. The monoisotopic (exact) mass is 527 g/mol. The van der Waals surface area contributed by atoms with Gasteiger partial charge >= 0.3 is 16.0 Å². The fourth-order valence-corrected chi connectivity index (χ4v) is 5.56. The van der Waals surface area contributed by atoms with Crippen molar-refractivity contribution in [3.05, 3.63) is 56.9 Å². The first-order chi connectivity index (χ1) is 16.1. The number of aromatic hydroxyl groups is 1. The van der Waals surface area contributed by atoms with Crippen LogP contribution in [0.3, 0.4) is 0 Å². The number of phenols is 1. The average molecular weight is 528 g/mol. The van der Waals surface area contributed by atoms with Crippen molar-refractivity contribution >= 4 is 18.6 Å². The molecule has 0 unspecified atom stereocenters. The van der Waals surface area contributed by atoms with Crippen LogP contribution in [0.5, 0.6) is 11.5 Å². The Balaban J connectivity index is 1.83. The lowest BCUT2D eigenvalue weighted by Gasteiger charge is -2.39. The standard InChI is InChI=1S/C22H33N3O8SSi/c1-14-13-25(21(28)24-20(14)27)19-11-17(33-35(5,6)22(2,3)4)18(31-19)12-23-34(29,30)32-16-10-8-7-9-15(16)26/h7-10,13,17-19,23,26H,11-12H2,1-6H3,(H,24,27,28)/t17-,18+,19+/m0/s1. The number of benzene rings is 1. The van der Waals surface area contributed by atoms with Gasteiger partial charge in [0.05, 0.1) is 12.2 Å². The lowest BCUT2D eigenvalue weighted by Crippen LogP contribution is -2.48. The van der Waals surface area contributed by atoms with E-state index in [1.54, 1.807) is 6.92 Å². The summed E-state index contributed by atoms with van der Waals surface area (Å²) >= 11 is 0. The summed E-state index contributed by atoms with van der Waals surface area (Å²) in [6.45, 7) is 11.8. The Kier molecular flexibility index (Phi) is 7.67. The van der Waals surface area contributed by atoms with Gasteiger partial charge in [0.25, 0.3) is 5.56 Å². The van der Waals surface area contributed by atoms with Gasteiger partial charge in [-0.1, -0.05) is 32.9 Å². The molecule has 1 aliphatic heterocycles.